The molecular formula is C26H26ClN7OS. The van der Waals surface area contributed by atoms with Gasteiger partial charge in [-0.1, -0.05) is 35.5 Å². The van der Waals surface area contributed by atoms with Gasteiger partial charge in [-0.25, -0.2) is 5.43 Å². The zero-order chi connectivity index (χ0) is 25.3. The molecule has 0 fully saturated rings. The fourth-order valence-corrected chi connectivity index (χ4v) is 4.45. The molecule has 1 amide bonds. The predicted molar refractivity (Wildman–Crippen MR) is 146 cm³/mol. The molecule has 0 radical (unpaired) electrons. The second-order valence-electron chi connectivity index (χ2n) is 7.70. The monoisotopic (exact) mass is 519 g/mol. The van der Waals surface area contributed by atoms with E-state index in [0.717, 1.165) is 35.6 Å². The number of nitrogens with one attached hydrogen (secondary N) is 1. The molecular weight excluding hydrogens is 494 g/mol. The van der Waals surface area contributed by atoms with Crippen LogP contribution in [0.4, 0.5) is 5.69 Å². The molecule has 0 saturated carbocycles. The maximum Gasteiger partial charge on any atom is 0.250 e. The van der Waals surface area contributed by atoms with E-state index in [1.165, 1.54) is 11.8 Å². The van der Waals surface area contributed by atoms with Crippen LogP contribution in [0.3, 0.4) is 0 Å². The van der Waals surface area contributed by atoms with Crippen molar-refractivity contribution in [1.29, 1.82) is 0 Å². The summed E-state index contributed by atoms with van der Waals surface area (Å²) in [4.78, 5) is 18.8. The van der Waals surface area contributed by atoms with Gasteiger partial charge in [-0.2, -0.15) is 5.10 Å². The van der Waals surface area contributed by atoms with Crippen molar-refractivity contribution < 1.29 is 4.79 Å². The van der Waals surface area contributed by atoms with Gasteiger partial charge in [0.05, 0.1) is 12.0 Å². The first-order valence-electron chi connectivity index (χ1n) is 11.5. The third-order valence-corrected chi connectivity index (χ3v) is 6.59. The molecule has 0 aliphatic heterocycles. The molecule has 0 aliphatic rings. The molecule has 0 saturated heterocycles. The van der Waals surface area contributed by atoms with Gasteiger partial charge in [0.25, 0.3) is 5.91 Å². The summed E-state index contributed by atoms with van der Waals surface area (Å²) in [6.45, 7) is 6.16. The lowest BCUT2D eigenvalue weighted by Gasteiger charge is -2.20. The highest BCUT2D eigenvalue weighted by atomic mass is 35.5. The quantitative estimate of drug-likeness (QED) is 0.179. The van der Waals surface area contributed by atoms with Crippen LogP contribution in [0.15, 0.2) is 83.3 Å². The summed E-state index contributed by atoms with van der Waals surface area (Å²) in [5, 5.41) is 14.0. The maximum absolute atomic E-state index is 12.5. The van der Waals surface area contributed by atoms with Gasteiger partial charge < -0.3 is 4.90 Å². The highest BCUT2D eigenvalue weighted by Gasteiger charge is 2.17. The number of carbonyl (C=O) groups excluding carboxylic acids is 1. The van der Waals surface area contributed by atoms with E-state index >= 15 is 0 Å². The highest BCUT2D eigenvalue weighted by Crippen LogP contribution is 2.28. The normalized spacial score (nSPS) is 11.1. The zero-order valence-corrected chi connectivity index (χ0v) is 21.6. The Kier molecular flexibility index (Phi) is 8.70. The van der Waals surface area contributed by atoms with Crippen molar-refractivity contribution in [3.63, 3.8) is 0 Å². The van der Waals surface area contributed by atoms with E-state index in [0.29, 0.717) is 16.0 Å². The molecule has 184 valence electrons. The van der Waals surface area contributed by atoms with E-state index in [1.807, 2.05) is 41.0 Å². The van der Waals surface area contributed by atoms with Gasteiger partial charge in [0, 0.05) is 47.4 Å². The summed E-state index contributed by atoms with van der Waals surface area (Å²) in [6.07, 6.45) is 5.03. The molecule has 4 rings (SSSR count). The van der Waals surface area contributed by atoms with Crippen LogP contribution in [-0.2, 0) is 4.79 Å². The lowest BCUT2D eigenvalue weighted by Crippen LogP contribution is -2.21. The number of hydrogen-bond acceptors (Lipinski definition) is 7. The van der Waals surface area contributed by atoms with Crippen molar-refractivity contribution in [3.05, 3.63) is 83.6 Å². The van der Waals surface area contributed by atoms with Gasteiger partial charge in [0.1, 0.15) is 0 Å². The Morgan fingerprint density at radius 3 is 2.39 bits per heavy atom. The van der Waals surface area contributed by atoms with Gasteiger partial charge in [0.2, 0.25) is 0 Å². The van der Waals surface area contributed by atoms with Crippen LogP contribution in [0.25, 0.3) is 17.1 Å². The molecule has 0 bridgehead atoms. The van der Waals surface area contributed by atoms with E-state index in [1.54, 1.807) is 30.7 Å². The van der Waals surface area contributed by atoms with Crippen LogP contribution in [0, 0.1) is 0 Å². The standard InChI is InChI=1S/C26H26ClN7OS/c1-3-33(4-2)22-9-5-19(6-10-22)17-29-30-24(35)18-36-26-32-31-25(20-13-15-28-16-14-20)34(26)23-11-7-21(27)8-12-23/h5-17H,3-4,18H2,1-2H3,(H,30,35). The maximum atomic E-state index is 12.5. The number of rotatable bonds is 10. The molecule has 0 atom stereocenters. The molecule has 2 aromatic carbocycles. The first-order chi connectivity index (χ1) is 17.6. The largest absolute Gasteiger partial charge is 0.372 e. The molecule has 0 spiro atoms. The summed E-state index contributed by atoms with van der Waals surface area (Å²) in [5.41, 5.74) is 6.35. The molecule has 2 heterocycles. The number of nitrogens with zero attached hydrogens (tertiary/aromatic N) is 6. The van der Waals surface area contributed by atoms with Crippen molar-refractivity contribution in [2.75, 3.05) is 23.7 Å². The van der Waals surface area contributed by atoms with Crippen molar-refractivity contribution >= 4 is 41.2 Å². The molecule has 2 aromatic heterocycles. The molecule has 0 unspecified atom stereocenters. The first-order valence-corrected chi connectivity index (χ1v) is 12.9. The average Bonchev–Trinajstić information content (AvgIpc) is 3.34. The third-order valence-electron chi connectivity index (χ3n) is 5.41. The first kappa shape index (κ1) is 25.4. The van der Waals surface area contributed by atoms with Crippen molar-refractivity contribution in [3.8, 4) is 17.1 Å². The van der Waals surface area contributed by atoms with E-state index in [9.17, 15) is 4.79 Å². The van der Waals surface area contributed by atoms with Crippen LogP contribution < -0.4 is 10.3 Å². The number of pyridine rings is 1. The minimum Gasteiger partial charge on any atom is -0.372 e. The number of hydrogen-bond donors (Lipinski definition) is 1. The van der Waals surface area contributed by atoms with Crippen molar-refractivity contribution in [2.24, 2.45) is 5.10 Å². The van der Waals surface area contributed by atoms with Crippen LogP contribution in [0.2, 0.25) is 5.02 Å². The number of hydrazone groups is 1. The number of carbonyl (C=O) groups is 1. The molecule has 1 N–H and O–H groups in total. The van der Waals surface area contributed by atoms with E-state index in [2.05, 4.69) is 56.6 Å². The Bertz CT molecular complexity index is 1300. The summed E-state index contributed by atoms with van der Waals surface area (Å²) in [5.74, 6) is 0.529. The average molecular weight is 520 g/mol. The smallest absolute Gasteiger partial charge is 0.250 e. The molecule has 4 aromatic rings. The van der Waals surface area contributed by atoms with Gasteiger partial charge in [-0.3, -0.25) is 14.3 Å². The minimum absolute atomic E-state index is 0.125. The second-order valence-corrected chi connectivity index (χ2v) is 9.08. The number of amides is 1. The molecule has 0 aliphatic carbocycles. The molecule has 36 heavy (non-hydrogen) atoms. The third kappa shape index (κ3) is 6.30. The number of thioether (sulfide) groups is 1. The number of halogens is 1. The minimum atomic E-state index is -0.243. The number of anilines is 1. The van der Waals surface area contributed by atoms with Crippen LogP contribution in [0.1, 0.15) is 19.4 Å². The van der Waals surface area contributed by atoms with Gasteiger partial charge in [0.15, 0.2) is 11.0 Å². The van der Waals surface area contributed by atoms with Crippen LogP contribution in [0.5, 0.6) is 0 Å². The van der Waals surface area contributed by atoms with Crippen molar-refractivity contribution in [1.82, 2.24) is 25.2 Å². The summed E-state index contributed by atoms with van der Waals surface area (Å²) in [6, 6.07) is 19.2. The number of aromatic nitrogens is 4. The Morgan fingerprint density at radius 2 is 1.72 bits per heavy atom. The lowest BCUT2D eigenvalue weighted by atomic mass is 10.2. The summed E-state index contributed by atoms with van der Waals surface area (Å²) >= 11 is 7.35. The Labute approximate surface area is 219 Å². The van der Waals surface area contributed by atoms with Gasteiger partial charge in [-0.15, -0.1) is 10.2 Å². The van der Waals surface area contributed by atoms with Crippen molar-refractivity contribution in [2.45, 2.75) is 19.0 Å². The molecule has 10 heteroatoms. The van der Waals surface area contributed by atoms with Gasteiger partial charge >= 0.3 is 0 Å². The van der Waals surface area contributed by atoms with Crippen LogP contribution >= 0.6 is 23.4 Å². The highest BCUT2D eigenvalue weighted by molar-refractivity contribution is 7.99. The second kappa shape index (κ2) is 12.3. The summed E-state index contributed by atoms with van der Waals surface area (Å²) in [7, 11) is 0. The topological polar surface area (TPSA) is 88.3 Å². The predicted octanol–water partition coefficient (Wildman–Crippen LogP) is 5.07. The zero-order valence-electron chi connectivity index (χ0n) is 20.0. The Hall–Kier alpha value is -3.69. The van der Waals surface area contributed by atoms with Crippen LogP contribution in [-0.4, -0.2) is 50.7 Å². The fraction of sp³-hybridized carbons (Fsp3) is 0.192. The molecule has 8 nitrogen and oxygen atoms in total. The fourth-order valence-electron chi connectivity index (χ4n) is 3.58. The van der Waals surface area contributed by atoms with Gasteiger partial charge in [-0.05, 0) is 67.9 Å². The van der Waals surface area contributed by atoms with E-state index in [-0.39, 0.29) is 11.7 Å². The van der Waals surface area contributed by atoms with E-state index < -0.39 is 0 Å². The SMILES string of the molecule is CCN(CC)c1ccc(C=NNC(=O)CSc2nnc(-c3ccncc3)n2-c2ccc(Cl)cc2)cc1. The van der Waals surface area contributed by atoms with E-state index in [4.69, 9.17) is 11.6 Å². The Balaban J connectivity index is 1.42. The number of benzene rings is 2. The summed E-state index contributed by atoms with van der Waals surface area (Å²) < 4.78 is 1.89. The Morgan fingerprint density at radius 1 is 1.03 bits per heavy atom. The lowest BCUT2D eigenvalue weighted by molar-refractivity contribution is -0.118.